The molecule has 0 saturated heterocycles. The van der Waals surface area contributed by atoms with Gasteiger partial charge in [-0.05, 0) is 48.6 Å². The Morgan fingerprint density at radius 3 is 2.67 bits per heavy atom. The van der Waals surface area contributed by atoms with E-state index < -0.39 is 22.7 Å². The monoisotopic (exact) mass is 419 g/mol. The topological polar surface area (TPSA) is 126 Å². The molecule has 0 radical (unpaired) electrons. The van der Waals surface area contributed by atoms with Crippen molar-refractivity contribution < 1.29 is 4.79 Å². The molecule has 0 fully saturated rings. The standard InChI is InChI=1S/C20H14BrN5O/c21-11-5-6-16-15(7-11)20(18(27)26-16)14-4-2-1-3-12(14)13(8-22)17(25)19(20,9-23)10-24/h3,5-7,14H,1-2,4,25H2,(H,26,27). The number of nitrogens with two attached hydrogens (primary N) is 1. The Balaban J connectivity index is 2.21. The van der Waals surface area contributed by atoms with E-state index >= 15 is 0 Å². The van der Waals surface area contributed by atoms with Crippen molar-refractivity contribution in [2.75, 3.05) is 5.32 Å². The van der Waals surface area contributed by atoms with Gasteiger partial charge in [-0.25, -0.2) is 0 Å². The Hall–Kier alpha value is -3.08. The molecule has 0 bridgehead atoms. The van der Waals surface area contributed by atoms with E-state index in [-0.39, 0.29) is 11.3 Å². The largest absolute Gasteiger partial charge is 0.399 e. The van der Waals surface area contributed by atoms with Crippen molar-refractivity contribution in [1.29, 1.82) is 15.8 Å². The Bertz CT molecular complexity index is 1070. The summed E-state index contributed by atoms with van der Waals surface area (Å²) in [4.78, 5) is 13.4. The highest BCUT2D eigenvalue weighted by atomic mass is 79.9. The van der Waals surface area contributed by atoms with Crippen LogP contribution in [-0.2, 0) is 10.2 Å². The fourth-order valence-corrected chi connectivity index (χ4v) is 5.24. The first-order valence-electron chi connectivity index (χ1n) is 8.52. The number of rotatable bonds is 0. The highest BCUT2D eigenvalue weighted by molar-refractivity contribution is 9.10. The second kappa shape index (κ2) is 5.71. The molecule has 4 rings (SSSR count). The second-order valence-electron chi connectivity index (χ2n) is 6.97. The van der Waals surface area contributed by atoms with Gasteiger partial charge >= 0.3 is 0 Å². The number of halogens is 1. The molecule has 1 aliphatic heterocycles. The van der Waals surface area contributed by atoms with E-state index in [9.17, 15) is 20.6 Å². The molecule has 0 aromatic heterocycles. The van der Waals surface area contributed by atoms with E-state index in [4.69, 9.17) is 5.73 Å². The third-order valence-corrected chi connectivity index (χ3v) is 6.47. The number of hydrogen-bond acceptors (Lipinski definition) is 5. The van der Waals surface area contributed by atoms with Crippen LogP contribution in [0.5, 0.6) is 0 Å². The Kier molecular flexibility index (Phi) is 3.67. The number of hydrogen-bond donors (Lipinski definition) is 2. The van der Waals surface area contributed by atoms with Crippen molar-refractivity contribution in [2.24, 2.45) is 17.1 Å². The van der Waals surface area contributed by atoms with Gasteiger partial charge in [-0.3, -0.25) is 4.79 Å². The smallest absolute Gasteiger partial charge is 0.238 e. The maximum absolute atomic E-state index is 13.4. The van der Waals surface area contributed by atoms with E-state index in [0.717, 1.165) is 17.3 Å². The second-order valence-corrected chi connectivity index (χ2v) is 7.88. The van der Waals surface area contributed by atoms with Crippen molar-refractivity contribution >= 4 is 27.5 Å². The van der Waals surface area contributed by atoms with Gasteiger partial charge in [-0.15, -0.1) is 0 Å². The predicted octanol–water partition coefficient (Wildman–Crippen LogP) is 3.15. The summed E-state index contributed by atoms with van der Waals surface area (Å²) < 4.78 is 0.733. The maximum Gasteiger partial charge on any atom is 0.238 e. The summed E-state index contributed by atoms with van der Waals surface area (Å²) in [6, 6.07) is 11.5. The van der Waals surface area contributed by atoms with E-state index in [1.165, 1.54) is 0 Å². The molecule has 2 atom stereocenters. The van der Waals surface area contributed by atoms with Crippen LogP contribution < -0.4 is 11.1 Å². The predicted molar refractivity (Wildman–Crippen MR) is 100 cm³/mol. The molecule has 3 aliphatic rings. The molecule has 1 aromatic rings. The molecule has 1 aromatic carbocycles. The zero-order chi connectivity index (χ0) is 19.4. The van der Waals surface area contributed by atoms with Crippen LogP contribution in [0, 0.1) is 45.3 Å². The van der Waals surface area contributed by atoms with Crippen molar-refractivity contribution in [3.63, 3.8) is 0 Å². The van der Waals surface area contributed by atoms with Crippen molar-refractivity contribution in [2.45, 2.75) is 24.7 Å². The van der Waals surface area contributed by atoms with Gasteiger partial charge in [0.15, 0.2) is 0 Å². The number of allylic oxidation sites excluding steroid dienone is 4. The number of nitrogens with one attached hydrogen (secondary N) is 1. The van der Waals surface area contributed by atoms with Gasteiger partial charge in [0, 0.05) is 16.1 Å². The molecule has 1 heterocycles. The van der Waals surface area contributed by atoms with Crippen molar-refractivity contribution in [3.05, 3.63) is 51.2 Å². The third kappa shape index (κ3) is 1.84. The lowest BCUT2D eigenvalue weighted by Gasteiger charge is -2.49. The molecule has 2 unspecified atom stereocenters. The average Bonchev–Trinajstić information content (AvgIpc) is 2.96. The molecule has 1 spiro atoms. The van der Waals surface area contributed by atoms with Gasteiger partial charge in [-0.1, -0.05) is 22.0 Å². The summed E-state index contributed by atoms with van der Waals surface area (Å²) in [7, 11) is 0. The number of nitrogens with zero attached hydrogens (tertiary/aromatic N) is 3. The van der Waals surface area contributed by atoms with Crippen LogP contribution in [-0.4, -0.2) is 5.91 Å². The summed E-state index contributed by atoms with van der Waals surface area (Å²) in [5, 5.41) is 32.8. The summed E-state index contributed by atoms with van der Waals surface area (Å²) in [5.41, 5.74) is 4.66. The highest BCUT2D eigenvalue weighted by Gasteiger charge is 2.70. The summed E-state index contributed by atoms with van der Waals surface area (Å²) in [5.74, 6) is -0.889. The quantitative estimate of drug-likeness (QED) is 0.667. The van der Waals surface area contributed by atoms with Crippen molar-refractivity contribution in [3.8, 4) is 18.2 Å². The van der Waals surface area contributed by atoms with E-state index in [2.05, 4.69) is 27.3 Å². The van der Waals surface area contributed by atoms with E-state index in [0.29, 0.717) is 23.2 Å². The zero-order valence-electron chi connectivity index (χ0n) is 14.2. The molecular weight excluding hydrogens is 406 g/mol. The van der Waals surface area contributed by atoms with Crippen LogP contribution in [0.1, 0.15) is 24.8 Å². The number of carbonyl (C=O) groups is 1. The lowest BCUT2D eigenvalue weighted by molar-refractivity contribution is -0.125. The Morgan fingerprint density at radius 2 is 2.00 bits per heavy atom. The van der Waals surface area contributed by atoms with Gasteiger partial charge in [0.2, 0.25) is 11.3 Å². The molecule has 3 N–H and O–H groups in total. The van der Waals surface area contributed by atoms with Gasteiger partial charge in [0.05, 0.1) is 23.4 Å². The van der Waals surface area contributed by atoms with Crippen LogP contribution in [0.25, 0.3) is 0 Å². The van der Waals surface area contributed by atoms with Gasteiger partial charge in [-0.2, -0.15) is 15.8 Å². The molecule has 27 heavy (non-hydrogen) atoms. The zero-order valence-corrected chi connectivity index (χ0v) is 15.8. The first-order chi connectivity index (χ1) is 13.0. The fourth-order valence-electron chi connectivity index (χ4n) is 4.88. The highest BCUT2D eigenvalue weighted by Crippen LogP contribution is 2.63. The van der Waals surface area contributed by atoms with Crippen LogP contribution in [0.2, 0.25) is 0 Å². The number of anilines is 1. The summed E-state index contributed by atoms with van der Waals surface area (Å²) >= 11 is 3.43. The van der Waals surface area contributed by atoms with Crippen LogP contribution >= 0.6 is 15.9 Å². The molecule has 2 aliphatic carbocycles. The Morgan fingerprint density at radius 1 is 1.26 bits per heavy atom. The lowest BCUT2D eigenvalue weighted by Crippen LogP contribution is -2.60. The van der Waals surface area contributed by atoms with Gasteiger partial charge in [0.1, 0.15) is 11.5 Å². The minimum Gasteiger partial charge on any atom is -0.399 e. The SMILES string of the molecule is N#CC1=C(N)C(C#N)(C#N)C2(C(=O)Nc3ccc(Br)cc32)C2CCCC=C12. The lowest BCUT2D eigenvalue weighted by atomic mass is 9.47. The normalized spacial score (nSPS) is 27.6. The number of carbonyl (C=O) groups excluding carboxylic acids is 1. The summed E-state index contributed by atoms with van der Waals surface area (Å²) in [6.45, 7) is 0. The third-order valence-electron chi connectivity index (χ3n) is 5.97. The van der Waals surface area contributed by atoms with Crippen LogP contribution in [0.4, 0.5) is 5.69 Å². The van der Waals surface area contributed by atoms with Crippen LogP contribution in [0.15, 0.2) is 45.6 Å². The fraction of sp³-hybridized carbons (Fsp3) is 0.300. The van der Waals surface area contributed by atoms with E-state index in [1.54, 1.807) is 18.2 Å². The maximum atomic E-state index is 13.4. The molecular formula is C20H14BrN5O. The minimum atomic E-state index is -1.96. The molecule has 1 amide bonds. The molecule has 0 saturated carbocycles. The minimum absolute atomic E-state index is 0.137. The van der Waals surface area contributed by atoms with Gasteiger partial charge < -0.3 is 11.1 Å². The first kappa shape index (κ1) is 17.3. The number of benzene rings is 1. The number of amides is 1. The molecule has 132 valence electrons. The summed E-state index contributed by atoms with van der Waals surface area (Å²) in [6.07, 6.45) is 4.08. The van der Waals surface area contributed by atoms with Crippen LogP contribution in [0.3, 0.4) is 0 Å². The number of fused-ring (bicyclic) bond motifs is 4. The Labute approximate surface area is 164 Å². The molecule has 6 nitrogen and oxygen atoms in total. The first-order valence-corrected chi connectivity index (χ1v) is 9.32. The number of nitriles is 3. The van der Waals surface area contributed by atoms with Gasteiger partial charge in [0.25, 0.3) is 0 Å². The van der Waals surface area contributed by atoms with Crippen molar-refractivity contribution in [1.82, 2.24) is 0 Å². The average molecular weight is 420 g/mol. The molecule has 7 heteroatoms. The van der Waals surface area contributed by atoms with E-state index in [1.807, 2.05) is 18.2 Å².